The lowest BCUT2D eigenvalue weighted by Crippen LogP contribution is -2.31. The van der Waals surface area contributed by atoms with Crippen molar-refractivity contribution in [2.24, 2.45) is 0 Å². The molecule has 0 aliphatic carbocycles. The molecule has 4 rings (SSSR count). The fourth-order valence-electron chi connectivity index (χ4n) is 3.46. The van der Waals surface area contributed by atoms with Gasteiger partial charge in [0.05, 0.1) is 16.6 Å². The summed E-state index contributed by atoms with van der Waals surface area (Å²) in [6, 6.07) is 8.43. The van der Waals surface area contributed by atoms with Crippen molar-refractivity contribution in [2.75, 3.05) is 5.32 Å². The standard InChI is InChI=1S/C18H12F2N4O/c1-8-15(9-2-3-10(7-21)13(20)4-9)17-16-12(18(25)24-23-17)5-11(19)6-14(16)22-8/h2-6,8,15,22H,1H3,(H,24,25)/t8-,15+/m1/s1. The number of nitrogens with zero attached hydrogens (tertiary/aromatic N) is 2. The Morgan fingerprint density at radius 2 is 2.04 bits per heavy atom. The average Bonchev–Trinajstić information content (AvgIpc) is 2.57. The average molecular weight is 338 g/mol. The summed E-state index contributed by atoms with van der Waals surface area (Å²) in [7, 11) is 0. The topological polar surface area (TPSA) is 81.6 Å². The van der Waals surface area contributed by atoms with Crippen LogP contribution in [0.15, 0.2) is 35.1 Å². The van der Waals surface area contributed by atoms with Crippen LogP contribution < -0.4 is 10.9 Å². The third-order valence-corrected chi connectivity index (χ3v) is 4.53. The highest BCUT2D eigenvalue weighted by Crippen LogP contribution is 2.40. The quantitative estimate of drug-likeness (QED) is 0.715. The fourth-order valence-corrected chi connectivity index (χ4v) is 3.46. The third kappa shape index (κ3) is 2.26. The molecule has 0 fully saturated rings. The summed E-state index contributed by atoms with van der Waals surface area (Å²) < 4.78 is 27.9. The molecular formula is C18H12F2N4O. The second-order valence-electron chi connectivity index (χ2n) is 6.08. The number of H-pyrrole nitrogens is 1. The number of nitriles is 1. The molecule has 1 aliphatic heterocycles. The van der Waals surface area contributed by atoms with Crippen molar-refractivity contribution in [3.8, 4) is 6.07 Å². The van der Waals surface area contributed by atoms with Gasteiger partial charge in [-0.2, -0.15) is 10.4 Å². The first-order valence-corrected chi connectivity index (χ1v) is 7.67. The Balaban J connectivity index is 2.00. The maximum absolute atomic E-state index is 14.1. The van der Waals surface area contributed by atoms with Crippen LogP contribution in [-0.2, 0) is 0 Å². The maximum atomic E-state index is 14.1. The van der Waals surface area contributed by atoms with E-state index in [1.165, 1.54) is 18.2 Å². The smallest absolute Gasteiger partial charge is 0.272 e. The number of anilines is 1. The third-order valence-electron chi connectivity index (χ3n) is 4.53. The highest BCUT2D eigenvalue weighted by molar-refractivity contribution is 5.97. The molecule has 0 amide bonds. The molecule has 0 spiro atoms. The van der Waals surface area contributed by atoms with E-state index in [-0.39, 0.29) is 22.9 Å². The molecule has 5 nitrogen and oxygen atoms in total. The van der Waals surface area contributed by atoms with Crippen LogP contribution in [-0.4, -0.2) is 16.2 Å². The minimum Gasteiger partial charge on any atom is -0.381 e. The molecule has 7 heteroatoms. The number of benzene rings is 2. The van der Waals surface area contributed by atoms with Crippen LogP contribution in [0, 0.1) is 23.0 Å². The number of hydrogen-bond donors (Lipinski definition) is 2. The van der Waals surface area contributed by atoms with Crippen molar-refractivity contribution < 1.29 is 8.78 Å². The first-order chi connectivity index (χ1) is 12.0. The van der Waals surface area contributed by atoms with Crippen LogP contribution in [0.5, 0.6) is 0 Å². The second kappa shape index (κ2) is 5.38. The Hall–Kier alpha value is -3.27. The van der Waals surface area contributed by atoms with E-state index in [0.717, 1.165) is 6.07 Å². The van der Waals surface area contributed by atoms with Crippen molar-refractivity contribution in [3.05, 3.63) is 69.1 Å². The first-order valence-electron chi connectivity index (χ1n) is 7.67. The van der Waals surface area contributed by atoms with Crippen LogP contribution in [0.3, 0.4) is 0 Å². The van der Waals surface area contributed by atoms with Crippen LogP contribution in [0.1, 0.15) is 29.7 Å². The maximum Gasteiger partial charge on any atom is 0.272 e. The van der Waals surface area contributed by atoms with Gasteiger partial charge in [0.2, 0.25) is 0 Å². The zero-order chi connectivity index (χ0) is 17.7. The van der Waals surface area contributed by atoms with Crippen molar-refractivity contribution in [2.45, 2.75) is 18.9 Å². The van der Waals surface area contributed by atoms with Gasteiger partial charge in [0.25, 0.3) is 5.56 Å². The van der Waals surface area contributed by atoms with Gasteiger partial charge in [0.15, 0.2) is 0 Å². The van der Waals surface area contributed by atoms with E-state index >= 15 is 0 Å². The lowest BCUT2D eigenvalue weighted by atomic mass is 9.83. The highest BCUT2D eigenvalue weighted by Gasteiger charge is 2.32. The molecular weight excluding hydrogens is 326 g/mol. The highest BCUT2D eigenvalue weighted by atomic mass is 19.1. The van der Waals surface area contributed by atoms with Crippen LogP contribution in [0.25, 0.3) is 10.8 Å². The van der Waals surface area contributed by atoms with E-state index in [2.05, 4.69) is 15.5 Å². The van der Waals surface area contributed by atoms with Crippen molar-refractivity contribution >= 4 is 16.5 Å². The molecule has 2 aromatic carbocycles. The molecule has 0 saturated heterocycles. The van der Waals surface area contributed by atoms with E-state index < -0.39 is 17.2 Å². The van der Waals surface area contributed by atoms with E-state index in [1.807, 2.05) is 6.92 Å². The summed E-state index contributed by atoms with van der Waals surface area (Å²) in [5.41, 5.74) is 1.12. The summed E-state index contributed by atoms with van der Waals surface area (Å²) in [5, 5.41) is 19.3. The molecule has 0 unspecified atom stereocenters. The predicted molar refractivity (Wildman–Crippen MR) is 88.4 cm³/mol. The molecule has 2 atom stereocenters. The molecule has 2 heterocycles. The Bertz CT molecular complexity index is 1120. The summed E-state index contributed by atoms with van der Waals surface area (Å²) in [6.45, 7) is 1.87. The zero-order valence-corrected chi connectivity index (χ0v) is 13.1. The molecule has 0 radical (unpaired) electrons. The van der Waals surface area contributed by atoms with Gasteiger partial charge in [-0.3, -0.25) is 4.79 Å². The summed E-state index contributed by atoms with van der Waals surface area (Å²) in [4.78, 5) is 12.0. The van der Waals surface area contributed by atoms with Gasteiger partial charge in [-0.1, -0.05) is 6.07 Å². The minimum absolute atomic E-state index is 0.0396. The minimum atomic E-state index is -0.613. The van der Waals surface area contributed by atoms with Gasteiger partial charge >= 0.3 is 0 Å². The molecule has 3 aromatic rings. The van der Waals surface area contributed by atoms with Gasteiger partial charge < -0.3 is 5.32 Å². The molecule has 124 valence electrons. The lowest BCUT2D eigenvalue weighted by molar-refractivity contribution is 0.606. The van der Waals surface area contributed by atoms with Crippen molar-refractivity contribution in [1.29, 1.82) is 5.26 Å². The molecule has 2 N–H and O–H groups in total. The Morgan fingerprint density at radius 3 is 2.76 bits per heavy atom. The SMILES string of the molecule is C[C@H]1Nc2cc(F)cc3c(=O)[nH]nc(c23)[C@@H]1c1ccc(C#N)c(F)c1. The van der Waals surface area contributed by atoms with Gasteiger partial charge in [0, 0.05) is 23.0 Å². The summed E-state index contributed by atoms with van der Waals surface area (Å²) in [6.07, 6.45) is 0. The van der Waals surface area contributed by atoms with Crippen molar-refractivity contribution in [3.63, 3.8) is 0 Å². The number of rotatable bonds is 1. The van der Waals surface area contributed by atoms with E-state index in [4.69, 9.17) is 5.26 Å². The Labute approximate surface area is 140 Å². The first kappa shape index (κ1) is 15.3. The van der Waals surface area contributed by atoms with Gasteiger partial charge in [0.1, 0.15) is 17.7 Å². The van der Waals surface area contributed by atoms with Crippen LogP contribution in [0.4, 0.5) is 14.5 Å². The normalized spacial score (nSPS) is 18.6. The van der Waals surface area contributed by atoms with Crippen LogP contribution >= 0.6 is 0 Å². The monoisotopic (exact) mass is 338 g/mol. The van der Waals surface area contributed by atoms with E-state index in [1.54, 1.807) is 12.1 Å². The molecule has 1 aliphatic rings. The number of hydrogen-bond acceptors (Lipinski definition) is 4. The Morgan fingerprint density at radius 1 is 1.24 bits per heavy atom. The molecule has 1 aromatic heterocycles. The Kier molecular flexibility index (Phi) is 3.29. The van der Waals surface area contributed by atoms with E-state index in [0.29, 0.717) is 22.3 Å². The molecule has 0 saturated carbocycles. The molecule has 25 heavy (non-hydrogen) atoms. The largest absolute Gasteiger partial charge is 0.381 e. The number of aromatic amines is 1. The van der Waals surface area contributed by atoms with Gasteiger partial charge in [-0.05, 0) is 36.8 Å². The predicted octanol–water partition coefficient (Wildman–Crippen LogP) is 3.02. The summed E-state index contributed by atoms with van der Waals surface area (Å²) in [5.74, 6) is -1.50. The lowest BCUT2D eigenvalue weighted by Gasteiger charge is -2.32. The summed E-state index contributed by atoms with van der Waals surface area (Å²) >= 11 is 0. The second-order valence-corrected chi connectivity index (χ2v) is 6.08. The van der Waals surface area contributed by atoms with Crippen molar-refractivity contribution in [1.82, 2.24) is 10.2 Å². The van der Waals surface area contributed by atoms with E-state index in [9.17, 15) is 13.6 Å². The number of halogens is 2. The number of aromatic nitrogens is 2. The molecule has 0 bridgehead atoms. The zero-order valence-electron chi connectivity index (χ0n) is 13.1. The van der Waals surface area contributed by atoms with Crippen LogP contribution in [0.2, 0.25) is 0 Å². The fraction of sp³-hybridized carbons (Fsp3) is 0.167. The van der Waals surface area contributed by atoms with Gasteiger partial charge in [-0.15, -0.1) is 0 Å². The number of nitrogens with one attached hydrogen (secondary N) is 2. The van der Waals surface area contributed by atoms with Gasteiger partial charge in [-0.25, -0.2) is 13.9 Å².